The summed E-state index contributed by atoms with van der Waals surface area (Å²) in [5, 5.41) is 10.8. The Morgan fingerprint density at radius 3 is 2.65 bits per heavy atom. The molecule has 1 aliphatic rings. The van der Waals surface area contributed by atoms with Gasteiger partial charge in [0.2, 0.25) is 0 Å². The van der Waals surface area contributed by atoms with E-state index in [1.54, 1.807) is 0 Å². The Morgan fingerprint density at radius 2 is 1.88 bits per heavy atom. The largest absolute Gasteiger partial charge is 0.393 e. The van der Waals surface area contributed by atoms with Crippen LogP contribution in [0.4, 0.5) is 0 Å². The zero-order valence-electron chi connectivity index (χ0n) is 9.64. The van der Waals surface area contributed by atoms with Crippen LogP contribution in [0.15, 0.2) is 34.9 Å². The molecule has 1 aromatic heterocycles. The highest BCUT2D eigenvalue weighted by atomic mass is 79.9. The summed E-state index contributed by atoms with van der Waals surface area (Å²) in [6.07, 6.45) is 6.13. The van der Waals surface area contributed by atoms with Gasteiger partial charge >= 0.3 is 0 Å². The van der Waals surface area contributed by atoms with E-state index in [4.69, 9.17) is 0 Å². The fourth-order valence-corrected chi connectivity index (χ4v) is 3.17. The van der Waals surface area contributed by atoms with E-state index in [-0.39, 0.29) is 6.10 Å². The number of rotatable bonds is 1. The van der Waals surface area contributed by atoms with Gasteiger partial charge in [0.25, 0.3) is 0 Å². The predicted molar refractivity (Wildman–Crippen MR) is 73.1 cm³/mol. The lowest BCUT2D eigenvalue weighted by Crippen LogP contribution is -2.20. The number of fused-ring (bicyclic) bond motifs is 1. The van der Waals surface area contributed by atoms with Crippen molar-refractivity contribution in [2.24, 2.45) is 0 Å². The van der Waals surface area contributed by atoms with Crippen LogP contribution < -0.4 is 0 Å². The summed E-state index contributed by atoms with van der Waals surface area (Å²) in [6, 6.07) is 9.15. The summed E-state index contributed by atoms with van der Waals surface area (Å²) in [5.74, 6) is 0. The SMILES string of the molecule is O[C@H]1CC[C@H](n2ccc3cc(Br)ccc32)CC1. The van der Waals surface area contributed by atoms with E-state index in [9.17, 15) is 5.11 Å². The Balaban J connectivity index is 1.95. The zero-order chi connectivity index (χ0) is 11.8. The monoisotopic (exact) mass is 293 g/mol. The maximum Gasteiger partial charge on any atom is 0.0541 e. The predicted octanol–water partition coefficient (Wildman–Crippen LogP) is 3.88. The summed E-state index contributed by atoms with van der Waals surface area (Å²) in [4.78, 5) is 0. The molecule has 0 atom stereocenters. The van der Waals surface area contributed by atoms with Crippen molar-refractivity contribution in [1.82, 2.24) is 4.57 Å². The van der Waals surface area contributed by atoms with Gasteiger partial charge in [0.15, 0.2) is 0 Å². The molecule has 0 spiro atoms. The standard InChI is InChI=1S/C14H16BrNO/c15-11-1-6-14-10(9-11)7-8-16(14)12-2-4-13(17)5-3-12/h1,6-9,12-13,17H,2-5H2/t12-,13-. The minimum absolute atomic E-state index is 0.0813. The molecular weight excluding hydrogens is 278 g/mol. The molecule has 3 rings (SSSR count). The normalized spacial score (nSPS) is 25.3. The molecule has 0 saturated heterocycles. The average molecular weight is 294 g/mol. The van der Waals surface area contributed by atoms with Crippen LogP contribution in [0.5, 0.6) is 0 Å². The Kier molecular flexibility index (Phi) is 2.97. The van der Waals surface area contributed by atoms with Gasteiger partial charge in [-0.05, 0) is 49.9 Å². The third-order valence-corrected chi connectivity index (χ3v) is 4.24. The topological polar surface area (TPSA) is 25.2 Å². The molecule has 1 fully saturated rings. The molecule has 2 nitrogen and oxygen atoms in total. The minimum Gasteiger partial charge on any atom is -0.393 e. The van der Waals surface area contributed by atoms with Crippen molar-refractivity contribution in [3.8, 4) is 0 Å². The van der Waals surface area contributed by atoms with Crippen molar-refractivity contribution in [2.75, 3.05) is 0 Å². The van der Waals surface area contributed by atoms with Crippen molar-refractivity contribution in [1.29, 1.82) is 0 Å². The number of aromatic nitrogens is 1. The first-order chi connectivity index (χ1) is 8.24. The molecule has 0 amide bonds. The molecule has 90 valence electrons. The number of aliphatic hydroxyl groups is 1. The van der Waals surface area contributed by atoms with Gasteiger partial charge in [-0.25, -0.2) is 0 Å². The number of hydrogen-bond acceptors (Lipinski definition) is 1. The van der Waals surface area contributed by atoms with Crippen LogP contribution in [-0.2, 0) is 0 Å². The average Bonchev–Trinajstić information content (AvgIpc) is 2.73. The number of aliphatic hydroxyl groups excluding tert-OH is 1. The van der Waals surface area contributed by atoms with E-state index in [0.717, 1.165) is 30.2 Å². The minimum atomic E-state index is -0.0813. The summed E-state index contributed by atoms with van der Waals surface area (Å²) in [5.41, 5.74) is 1.30. The van der Waals surface area contributed by atoms with E-state index in [2.05, 4.69) is 51.0 Å². The molecule has 1 aromatic carbocycles. The van der Waals surface area contributed by atoms with E-state index in [0.29, 0.717) is 6.04 Å². The van der Waals surface area contributed by atoms with Crippen LogP contribution in [0.2, 0.25) is 0 Å². The van der Waals surface area contributed by atoms with Crippen LogP contribution in [0.1, 0.15) is 31.7 Å². The fraction of sp³-hybridized carbons (Fsp3) is 0.429. The van der Waals surface area contributed by atoms with Crippen molar-refractivity contribution in [2.45, 2.75) is 37.8 Å². The molecule has 0 bridgehead atoms. The van der Waals surface area contributed by atoms with Gasteiger partial charge in [-0.15, -0.1) is 0 Å². The Morgan fingerprint density at radius 1 is 1.12 bits per heavy atom. The molecule has 1 saturated carbocycles. The van der Waals surface area contributed by atoms with Crippen LogP contribution in [0.3, 0.4) is 0 Å². The molecule has 17 heavy (non-hydrogen) atoms. The van der Waals surface area contributed by atoms with Gasteiger partial charge in [-0.1, -0.05) is 15.9 Å². The molecule has 2 aromatic rings. The fourth-order valence-electron chi connectivity index (χ4n) is 2.79. The van der Waals surface area contributed by atoms with E-state index in [1.165, 1.54) is 10.9 Å². The highest BCUT2D eigenvalue weighted by molar-refractivity contribution is 9.10. The lowest BCUT2D eigenvalue weighted by molar-refractivity contribution is 0.111. The van der Waals surface area contributed by atoms with Gasteiger partial charge in [0.1, 0.15) is 0 Å². The Labute approximate surface area is 109 Å². The van der Waals surface area contributed by atoms with Crippen LogP contribution in [0.25, 0.3) is 10.9 Å². The quantitative estimate of drug-likeness (QED) is 0.848. The highest BCUT2D eigenvalue weighted by Gasteiger charge is 2.21. The zero-order valence-corrected chi connectivity index (χ0v) is 11.2. The Bertz CT molecular complexity index is 526. The molecule has 1 heterocycles. The first-order valence-electron chi connectivity index (χ1n) is 6.18. The molecule has 0 unspecified atom stereocenters. The number of halogens is 1. The van der Waals surface area contributed by atoms with Crippen LogP contribution in [-0.4, -0.2) is 15.8 Å². The van der Waals surface area contributed by atoms with Crippen LogP contribution >= 0.6 is 15.9 Å². The van der Waals surface area contributed by atoms with Gasteiger partial charge in [-0.3, -0.25) is 0 Å². The molecule has 0 aliphatic heterocycles. The first-order valence-corrected chi connectivity index (χ1v) is 6.97. The first kappa shape index (κ1) is 11.3. The van der Waals surface area contributed by atoms with Gasteiger partial charge < -0.3 is 9.67 Å². The number of hydrogen-bond donors (Lipinski definition) is 1. The highest BCUT2D eigenvalue weighted by Crippen LogP contribution is 2.32. The molecule has 1 N–H and O–H groups in total. The van der Waals surface area contributed by atoms with E-state index >= 15 is 0 Å². The lowest BCUT2D eigenvalue weighted by Gasteiger charge is -2.27. The van der Waals surface area contributed by atoms with Crippen molar-refractivity contribution >= 4 is 26.8 Å². The summed E-state index contributed by atoms with van der Waals surface area (Å²) in [6.45, 7) is 0. The summed E-state index contributed by atoms with van der Waals surface area (Å²) in [7, 11) is 0. The third-order valence-electron chi connectivity index (χ3n) is 3.74. The molecule has 0 radical (unpaired) electrons. The lowest BCUT2D eigenvalue weighted by atomic mass is 9.93. The summed E-state index contributed by atoms with van der Waals surface area (Å²) < 4.78 is 3.50. The number of nitrogens with zero attached hydrogens (tertiary/aromatic N) is 1. The van der Waals surface area contributed by atoms with Gasteiger partial charge in [0, 0.05) is 27.6 Å². The van der Waals surface area contributed by atoms with Crippen molar-refractivity contribution < 1.29 is 5.11 Å². The van der Waals surface area contributed by atoms with Crippen molar-refractivity contribution in [3.05, 3.63) is 34.9 Å². The maximum atomic E-state index is 9.56. The third kappa shape index (κ3) is 2.14. The van der Waals surface area contributed by atoms with Gasteiger partial charge in [-0.2, -0.15) is 0 Å². The Hall–Kier alpha value is -0.800. The van der Waals surface area contributed by atoms with Crippen LogP contribution in [0, 0.1) is 0 Å². The molecular formula is C14H16BrNO. The second-order valence-corrected chi connectivity index (χ2v) is 5.80. The maximum absolute atomic E-state index is 9.56. The number of benzene rings is 1. The molecule has 3 heteroatoms. The summed E-state index contributed by atoms with van der Waals surface area (Å²) >= 11 is 3.50. The van der Waals surface area contributed by atoms with E-state index in [1.807, 2.05) is 0 Å². The van der Waals surface area contributed by atoms with Gasteiger partial charge in [0.05, 0.1) is 6.10 Å². The second kappa shape index (κ2) is 4.46. The smallest absolute Gasteiger partial charge is 0.0541 e. The van der Waals surface area contributed by atoms with Crippen molar-refractivity contribution in [3.63, 3.8) is 0 Å². The van der Waals surface area contributed by atoms with E-state index < -0.39 is 0 Å². The second-order valence-electron chi connectivity index (χ2n) is 4.89. The molecule has 1 aliphatic carbocycles.